The zero-order valence-electron chi connectivity index (χ0n) is 6.35. The average molecular weight is 135 g/mol. The minimum absolute atomic E-state index is 0.153. The van der Waals surface area contributed by atoms with Crippen molar-refractivity contribution in [3.63, 3.8) is 0 Å². The maximum absolute atomic E-state index is 10.8. The Labute approximate surface area is 61.4 Å². The quantitative estimate of drug-likeness (QED) is 0.500. The van der Waals surface area contributed by atoms with Gasteiger partial charge in [-0.1, -0.05) is 32.1 Å². The predicted octanol–water partition coefficient (Wildman–Crippen LogP) is 1.53. The van der Waals surface area contributed by atoms with Gasteiger partial charge in [0.05, 0.1) is 0 Å². The van der Waals surface area contributed by atoms with Crippen molar-refractivity contribution in [2.24, 2.45) is 0 Å². The molecule has 10 heavy (non-hydrogen) atoms. The van der Waals surface area contributed by atoms with Crippen LogP contribution in [0, 0.1) is 0 Å². The first-order valence-corrected chi connectivity index (χ1v) is 3.50. The fraction of sp³-hybridized carbons (Fsp3) is 0.333. The number of rotatable bonds is 1. The lowest BCUT2D eigenvalue weighted by Crippen LogP contribution is -1.99. The molecule has 0 N–H and O–H groups in total. The van der Waals surface area contributed by atoms with Crippen LogP contribution in [-0.4, -0.2) is 0 Å². The minimum Gasteiger partial charge on any atom is -0.875 e. The molecule has 0 aliphatic heterocycles. The Balaban J connectivity index is 2.85. The van der Waals surface area contributed by atoms with Crippen LogP contribution in [0.3, 0.4) is 0 Å². The first kappa shape index (κ1) is 7.13. The summed E-state index contributed by atoms with van der Waals surface area (Å²) in [6.45, 7) is 3.67. The average Bonchev–Trinajstić information content (AvgIpc) is 2.34. The van der Waals surface area contributed by atoms with E-state index >= 15 is 0 Å². The number of hydrogen-bond acceptors (Lipinski definition) is 1. The molecule has 0 amide bonds. The summed E-state index contributed by atoms with van der Waals surface area (Å²) in [5, 5.41) is 10.8. The van der Waals surface area contributed by atoms with Gasteiger partial charge in [0.1, 0.15) is 0 Å². The summed E-state index contributed by atoms with van der Waals surface area (Å²) < 4.78 is 0. The molecule has 1 heteroatoms. The molecule has 1 aliphatic carbocycles. The topological polar surface area (TPSA) is 23.1 Å². The Bertz CT molecular complexity index is 215. The van der Waals surface area contributed by atoms with Crippen molar-refractivity contribution in [2.45, 2.75) is 20.3 Å². The molecule has 0 fully saturated rings. The largest absolute Gasteiger partial charge is 0.875 e. The van der Waals surface area contributed by atoms with Gasteiger partial charge in [0.25, 0.3) is 0 Å². The second kappa shape index (κ2) is 2.74. The van der Waals surface area contributed by atoms with Crippen molar-refractivity contribution >= 4 is 0 Å². The summed E-state index contributed by atoms with van der Waals surface area (Å²) in [6, 6.07) is 0. The lowest BCUT2D eigenvalue weighted by Gasteiger charge is -2.05. The third-order valence-corrected chi connectivity index (χ3v) is 1.63. The van der Waals surface area contributed by atoms with Gasteiger partial charge < -0.3 is 5.11 Å². The van der Waals surface area contributed by atoms with E-state index in [0.717, 1.165) is 12.0 Å². The van der Waals surface area contributed by atoms with Gasteiger partial charge in [-0.25, -0.2) is 0 Å². The summed E-state index contributed by atoms with van der Waals surface area (Å²) in [7, 11) is 0. The lowest BCUT2D eigenvalue weighted by molar-refractivity contribution is -0.302. The van der Waals surface area contributed by atoms with Crippen LogP contribution in [-0.2, 0) is 0 Å². The minimum atomic E-state index is 0.153. The van der Waals surface area contributed by atoms with E-state index in [-0.39, 0.29) is 5.76 Å². The highest BCUT2D eigenvalue weighted by Crippen LogP contribution is 2.18. The molecule has 0 bridgehead atoms. The fourth-order valence-electron chi connectivity index (χ4n) is 0.932. The van der Waals surface area contributed by atoms with Gasteiger partial charge in [-0.3, -0.25) is 0 Å². The van der Waals surface area contributed by atoms with Crippen LogP contribution in [0.2, 0.25) is 0 Å². The van der Waals surface area contributed by atoms with E-state index in [0.29, 0.717) is 0 Å². The maximum Gasteiger partial charge on any atom is -0.0307 e. The van der Waals surface area contributed by atoms with Gasteiger partial charge in [-0.2, -0.15) is 0 Å². The van der Waals surface area contributed by atoms with E-state index in [1.165, 1.54) is 5.57 Å². The molecule has 1 nitrogen and oxygen atoms in total. The Kier molecular flexibility index (Phi) is 1.95. The van der Waals surface area contributed by atoms with E-state index in [1.54, 1.807) is 6.92 Å². The Morgan fingerprint density at radius 2 is 2.20 bits per heavy atom. The van der Waals surface area contributed by atoms with Gasteiger partial charge >= 0.3 is 0 Å². The summed E-state index contributed by atoms with van der Waals surface area (Å²) in [6.07, 6.45) is 6.83. The first-order valence-electron chi connectivity index (χ1n) is 3.50. The molecular formula is C9H11O-. The Morgan fingerprint density at radius 1 is 1.50 bits per heavy atom. The van der Waals surface area contributed by atoms with Crippen LogP contribution in [0.5, 0.6) is 0 Å². The zero-order chi connectivity index (χ0) is 7.56. The van der Waals surface area contributed by atoms with Crippen LogP contribution < -0.4 is 5.11 Å². The highest BCUT2D eigenvalue weighted by molar-refractivity contribution is 5.46. The van der Waals surface area contributed by atoms with Crippen molar-refractivity contribution in [3.8, 4) is 0 Å². The van der Waals surface area contributed by atoms with E-state index < -0.39 is 0 Å². The predicted molar refractivity (Wildman–Crippen MR) is 40.2 cm³/mol. The summed E-state index contributed by atoms with van der Waals surface area (Å²) in [4.78, 5) is 0. The third-order valence-electron chi connectivity index (χ3n) is 1.63. The van der Waals surface area contributed by atoms with Crippen molar-refractivity contribution in [1.82, 2.24) is 0 Å². The molecular weight excluding hydrogens is 124 g/mol. The van der Waals surface area contributed by atoms with E-state index in [1.807, 2.05) is 18.2 Å². The van der Waals surface area contributed by atoms with Crippen molar-refractivity contribution in [1.29, 1.82) is 0 Å². The number of hydrogen-bond donors (Lipinski definition) is 0. The Hall–Kier alpha value is -0.980. The van der Waals surface area contributed by atoms with Gasteiger partial charge in [0.2, 0.25) is 0 Å². The van der Waals surface area contributed by atoms with Crippen molar-refractivity contribution in [2.75, 3.05) is 0 Å². The number of allylic oxidation sites excluding steroid dienone is 6. The summed E-state index contributed by atoms with van der Waals surface area (Å²) in [5.41, 5.74) is 2.07. The summed E-state index contributed by atoms with van der Waals surface area (Å²) in [5.74, 6) is 0.153. The molecule has 0 aromatic rings. The zero-order valence-corrected chi connectivity index (χ0v) is 6.35. The molecule has 54 valence electrons. The van der Waals surface area contributed by atoms with Crippen LogP contribution in [0.4, 0.5) is 0 Å². The highest BCUT2D eigenvalue weighted by atomic mass is 16.3. The maximum atomic E-state index is 10.8. The molecule has 0 unspecified atom stereocenters. The standard InChI is InChI=1S/C9H12O/c1-3-8-4-5-9(6-8)7(2)10/h4-6,10H,3H2,1-2H3/p-1. The Morgan fingerprint density at radius 3 is 2.50 bits per heavy atom. The van der Waals surface area contributed by atoms with E-state index in [4.69, 9.17) is 0 Å². The van der Waals surface area contributed by atoms with Crippen molar-refractivity contribution < 1.29 is 5.11 Å². The fourth-order valence-corrected chi connectivity index (χ4v) is 0.932. The van der Waals surface area contributed by atoms with Gasteiger partial charge in [0, 0.05) is 0 Å². The summed E-state index contributed by atoms with van der Waals surface area (Å²) >= 11 is 0. The molecule has 0 heterocycles. The second-order valence-electron chi connectivity index (χ2n) is 2.42. The molecule has 0 aromatic carbocycles. The van der Waals surface area contributed by atoms with Crippen LogP contribution in [0.1, 0.15) is 20.3 Å². The first-order chi connectivity index (χ1) is 4.74. The van der Waals surface area contributed by atoms with Gasteiger partial charge in [-0.05, 0) is 17.6 Å². The van der Waals surface area contributed by atoms with E-state index in [2.05, 4.69) is 6.92 Å². The molecule has 1 aliphatic rings. The molecule has 0 atom stereocenters. The molecule has 0 aromatic heterocycles. The van der Waals surface area contributed by atoms with Crippen LogP contribution >= 0.6 is 0 Å². The van der Waals surface area contributed by atoms with Gasteiger partial charge in [0.15, 0.2) is 0 Å². The molecule has 0 spiro atoms. The SMILES string of the molecule is CCC1=CC(=C(C)[O-])C=C1. The highest BCUT2D eigenvalue weighted by Gasteiger charge is 1.97. The third kappa shape index (κ3) is 1.29. The second-order valence-corrected chi connectivity index (χ2v) is 2.42. The molecule has 0 saturated carbocycles. The van der Waals surface area contributed by atoms with Crippen LogP contribution in [0.15, 0.2) is 35.1 Å². The van der Waals surface area contributed by atoms with Crippen LogP contribution in [0.25, 0.3) is 0 Å². The normalized spacial score (nSPS) is 21.2. The molecule has 1 rings (SSSR count). The molecule has 0 radical (unpaired) electrons. The smallest absolute Gasteiger partial charge is 0.0307 e. The van der Waals surface area contributed by atoms with Gasteiger partial charge in [-0.15, -0.1) is 5.76 Å². The van der Waals surface area contributed by atoms with Crippen molar-refractivity contribution in [3.05, 3.63) is 35.1 Å². The lowest BCUT2D eigenvalue weighted by atomic mass is 10.2. The monoisotopic (exact) mass is 135 g/mol. The molecule has 0 saturated heterocycles. The van der Waals surface area contributed by atoms with E-state index in [9.17, 15) is 5.11 Å².